The van der Waals surface area contributed by atoms with Crippen molar-refractivity contribution in [3.05, 3.63) is 35.7 Å². The fraction of sp³-hybridized carbons (Fsp3) is 0.429. The predicted molar refractivity (Wildman–Crippen MR) is 68.9 cm³/mol. The van der Waals surface area contributed by atoms with Crippen molar-refractivity contribution in [2.24, 2.45) is 5.92 Å². The lowest BCUT2D eigenvalue weighted by Crippen LogP contribution is -2.20. The molecule has 1 N–H and O–H groups in total. The molecule has 4 nitrogen and oxygen atoms in total. The lowest BCUT2D eigenvalue weighted by atomic mass is 9.91. The van der Waals surface area contributed by atoms with Crippen molar-refractivity contribution in [3.8, 4) is 11.4 Å². The lowest BCUT2D eigenvalue weighted by Gasteiger charge is -2.19. The van der Waals surface area contributed by atoms with Crippen LogP contribution in [0.25, 0.3) is 11.4 Å². The highest BCUT2D eigenvalue weighted by atomic mass is 19.1. The molecule has 2 unspecified atom stereocenters. The van der Waals surface area contributed by atoms with E-state index in [1.165, 1.54) is 0 Å². The van der Waals surface area contributed by atoms with Crippen LogP contribution in [-0.2, 0) is 0 Å². The first-order chi connectivity index (χ1) is 9.38. The first-order valence-electron chi connectivity index (χ1n) is 6.36. The van der Waals surface area contributed by atoms with Crippen LogP contribution in [0, 0.1) is 17.6 Å². The van der Waals surface area contributed by atoms with Gasteiger partial charge in [0.2, 0.25) is 11.7 Å². The van der Waals surface area contributed by atoms with Gasteiger partial charge >= 0.3 is 0 Å². The second-order valence-electron chi connectivity index (χ2n) is 5.12. The molecule has 0 bridgehead atoms. The van der Waals surface area contributed by atoms with Crippen molar-refractivity contribution < 1.29 is 18.4 Å². The van der Waals surface area contributed by atoms with Gasteiger partial charge in [0.25, 0.3) is 0 Å². The van der Waals surface area contributed by atoms with E-state index in [2.05, 4.69) is 10.1 Å². The third-order valence-corrected chi connectivity index (χ3v) is 3.09. The molecule has 0 fully saturated rings. The van der Waals surface area contributed by atoms with Crippen LogP contribution >= 0.6 is 0 Å². The molecule has 0 aliphatic carbocycles. The van der Waals surface area contributed by atoms with Crippen molar-refractivity contribution in [1.82, 2.24) is 10.1 Å². The number of benzene rings is 1. The topological polar surface area (TPSA) is 59.2 Å². The Labute approximate surface area is 115 Å². The maximum atomic E-state index is 13.2. The van der Waals surface area contributed by atoms with Crippen LogP contribution in [0.5, 0.6) is 0 Å². The summed E-state index contributed by atoms with van der Waals surface area (Å²) in [5.74, 6) is -1.29. The largest absolute Gasteiger partial charge is 0.393 e. The number of halogens is 2. The zero-order chi connectivity index (χ0) is 14.9. The smallest absolute Gasteiger partial charge is 0.232 e. The molecule has 20 heavy (non-hydrogen) atoms. The Balaban J connectivity index is 2.37. The van der Waals surface area contributed by atoms with Crippen molar-refractivity contribution in [1.29, 1.82) is 0 Å². The highest BCUT2D eigenvalue weighted by Gasteiger charge is 2.27. The number of aromatic nitrogens is 2. The van der Waals surface area contributed by atoms with Crippen molar-refractivity contribution in [3.63, 3.8) is 0 Å². The molecular formula is C14H16F2N2O2. The Bertz CT molecular complexity index is 568. The van der Waals surface area contributed by atoms with E-state index in [0.717, 1.165) is 18.2 Å². The monoisotopic (exact) mass is 282 g/mol. The van der Waals surface area contributed by atoms with Gasteiger partial charge in [0.15, 0.2) is 0 Å². The van der Waals surface area contributed by atoms with Crippen LogP contribution in [0.3, 0.4) is 0 Å². The fourth-order valence-corrected chi connectivity index (χ4v) is 2.22. The Morgan fingerprint density at radius 1 is 1.10 bits per heavy atom. The molecule has 2 aromatic rings. The summed E-state index contributed by atoms with van der Waals surface area (Å²) in [6.07, 6.45) is -0.660. The van der Waals surface area contributed by atoms with Crippen molar-refractivity contribution >= 4 is 0 Å². The van der Waals surface area contributed by atoms with Crippen LogP contribution in [0.2, 0.25) is 0 Å². The van der Waals surface area contributed by atoms with Gasteiger partial charge in [-0.1, -0.05) is 19.0 Å². The van der Waals surface area contributed by atoms with E-state index in [1.54, 1.807) is 6.92 Å². The van der Waals surface area contributed by atoms with Crippen LogP contribution < -0.4 is 0 Å². The molecule has 2 rings (SSSR count). The molecule has 0 radical (unpaired) electrons. The Morgan fingerprint density at radius 3 is 2.20 bits per heavy atom. The van der Waals surface area contributed by atoms with Gasteiger partial charge in [-0.25, -0.2) is 8.78 Å². The second-order valence-corrected chi connectivity index (χ2v) is 5.12. The van der Waals surface area contributed by atoms with E-state index in [1.807, 2.05) is 13.8 Å². The Kier molecular flexibility index (Phi) is 4.13. The molecule has 0 aliphatic rings. The molecule has 1 heterocycles. The summed E-state index contributed by atoms with van der Waals surface area (Å²) in [6.45, 7) is 5.47. The summed E-state index contributed by atoms with van der Waals surface area (Å²) in [4.78, 5) is 4.13. The van der Waals surface area contributed by atoms with E-state index in [9.17, 15) is 13.9 Å². The molecule has 108 valence electrons. The fourth-order valence-electron chi connectivity index (χ4n) is 2.22. The summed E-state index contributed by atoms with van der Waals surface area (Å²) >= 11 is 0. The van der Waals surface area contributed by atoms with Gasteiger partial charge in [0, 0.05) is 11.6 Å². The van der Waals surface area contributed by atoms with Crippen molar-refractivity contribution in [2.75, 3.05) is 0 Å². The zero-order valence-corrected chi connectivity index (χ0v) is 11.5. The maximum absolute atomic E-state index is 13.2. The molecule has 1 aromatic carbocycles. The van der Waals surface area contributed by atoms with E-state index < -0.39 is 17.7 Å². The number of hydrogen-bond acceptors (Lipinski definition) is 4. The molecule has 0 spiro atoms. The van der Waals surface area contributed by atoms with Gasteiger partial charge in [-0.2, -0.15) is 4.98 Å². The Hall–Kier alpha value is -1.82. The van der Waals surface area contributed by atoms with Gasteiger partial charge in [-0.3, -0.25) is 0 Å². The van der Waals surface area contributed by atoms with Crippen LogP contribution in [0.15, 0.2) is 22.7 Å². The summed E-state index contributed by atoms with van der Waals surface area (Å²) in [5, 5.41) is 13.5. The molecule has 0 saturated heterocycles. The van der Waals surface area contributed by atoms with E-state index in [-0.39, 0.29) is 29.1 Å². The molecular weight excluding hydrogens is 266 g/mol. The molecule has 6 heteroatoms. The summed E-state index contributed by atoms with van der Waals surface area (Å²) < 4.78 is 31.5. The summed E-state index contributed by atoms with van der Waals surface area (Å²) in [6, 6.07) is 3.03. The first-order valence-corrected chi connectivity index (χ1v) is 6.36. The summed E-state index contributed by atoms with van der Waals surface area (Å²) in [7, 11) is 0. The van der Waals surface area contributed by atoms with Gasteiger partial charge in [-0.15, -0.1) is 0 Å². The number of hydrogen-bond donors (Lipinski definition) is 1. The van der Waals surface area contributed by atoms with E-state index >= 15 is 0 Å². The minimum Gasteiger partial charge on any atom is -0.393 e. The quantitative estimate of drug-likeness (QED) is 0.936. The molecule has 2 atom stereocenters. The SMILES string of the molecule is CC(C)C(c1nc(-c2cc(F)cc(F)c2)no1)C(C)O. The molecule has 1 aromatic heterocycles. The molecule has 0 amide bonds. The van der Waals surface area contributed by atoms with Gasteiger partial charge in [0.05, 0.1) is 12.0 Å². The summed E-state index contributed by atoms with van der Waals surface area (Å²) in [5.41, 5.74) is 0.200. The third-order valence-electron chi connectivity index (χ3n) is 3.09. The van der Waals surface area contributed by atoms with Gasteiger partial charge in [-0.05, 0) is 25.0 Å². The number of rotatable bonds is 4. The Morgan fingerprint density at radius 2 is 1.70 bits per heavy atom. The van der Waals surface area contributed by atoms with E-state index in [4.69, 9.17) is 4.52 Å². The van der Waals surface area contributed by atoms with Gasteiger partial charge in [0.1, 0.15) is 11.6 Å². The van der Waals surface area contributed by atoms with E-state index in [0.29, 0.717) is 0 Å². The highest BCUT2D eigenvalue weighted by Crippen LogP contribution is 2.28. The molecule has 0 saturated carbocycles. The highest BCUT2D eigenvalue weighted by molar-refractivity contribution is 5.54. The van der Waals surface area contributed by atoms with Crippen molar-refractivity contribution in [2.45, 2.75) is 32.8 Å². The normalized spacial score (nSPS) is 14.6. The minimum absolute atomic E-state index is 0.0903. The first kappa shape index (κ1) is 14.6. The van der Waals surface area contributed by atoms with Crippen LogP contribution in [0.1, 0.15) is 32.6 Å². The standard InChI is InChI=1S/C14H16F2N2O2/c1-7(2)12(8(3)19)14-17-13(18-20-14)9-4-10(15)6-11(16)5-9/h4-8,12,19H,1-3H3. The average molecular weight is 282 g/mol. The number of aliphatic hydroxyl groups is 1. The maximum Gasteiger partial charge on any atom is 0.232 e. The number of nitrogens with zero attached hydrogens (tertiary/aromatic N) is 2. The van der Waals surface area contributed by atoms with Gasteiger partial charge < -0.3 is 9.63 Å². The zero-order valence-electron chi connectivity index (χ0n) is 11.5. The predicted octanol–water partition coefficient (Wildman–Crippen LogP) is 3.14. The van der Waals surface area contributed by atoms with Crippen LogP contribution in [-0.4, -0.2) is 21.4 Å². The minimum atomic E-state index is -0.706. The second kappa shape index (κ2) is 5.66. The lowest BCUT2D eigenvalue weighted by molar-refractivity contribution is 0.120. The molecule has 0 aliphatic heterocycles. The number of aliphatic hydroxyl groups excluding tert-OH is 1. The third kappa shape index (κ3) is 3.01. The van der Waals surface area contributed by atoms with Crippen LogP contribution in [0.4, 0.5) is 8.78 Å². The average Bonchev–Trinajstić information content (AvgIpc) is 2.75.